The van der Waals surface area contributed by atoms with E-state index in [2.05, 4.69) is 16.5 Å². The zero-order chi connectivity index (χ0) is 15.5. The average Bonchev–Trinajstić information content (AvgIpc) is 2.44. The fourth-order valence-corrected chi connectivity index (χ4v) is 4.13. The normalized spacial score (nSPS) is 18.0. The van der Waals surface area contributed by atoms with Crippen LogP contribution in [0.3, 0.4) is 0 Å². The molecule has 3 N–H and O–H groups in total. The second-order valence-electron chi connectivity index (χ2n) is 5.42. The lowest BCUT2D eigenvalue weighted by Gasteiger charge is -2.31. The van der Waals surface area contributed by atoms with E-state index in [0.717, 1.165) is 38.9 Å². The highest BCUT2D eigenvalue weighted by Crippen LogP contribution is 2.23. The molecule has 0 saturated carbocycles. The lowest BCUT2D eigenvalue weighted by molar-refractivity contribution is 0.208. The number of anilines is 1. The van der Waals surface area contributed by atoms with E-state index in [4.69, 9.17) is 17.3 Å². The van der Waals surface area contributed by atoms with Gasteiger partial charge in [-0.25, -0.2) is 13.1 Å². The molecule has 0 atom stereocenters. The van der Waals surface area contributed by atoms with Crippen LogP contribution in [-0.2, 0) is 10.0 Å². The number of nitrogens with zero attached hydrogens (tertiary/aromatic N) is 1. The fraction of sp³-hybridized carbons (Fsp3) is 0.571. The molecule has 118 valence electrons. The van der Waals surface area contributed by atoms with Gasteiger partial charge in [-0.05, 0) is 57.1 Å². The molecule has 0 spiro atoms. The quantitative estimate of drug-likeness (QED) is 0.810. The molecule has 1 fully saturated rings. The summed E-state index contributed by atoms with van der Waals surface area (Å²) < 4.78 is 27.5. The van der Waals surface area contributed by atoms with Crippen LogP contribution >= 0.6 is 11.6 Å². The zero-order valence-corrected chi connectivity index (χ0v) is 13.8. The topological polar surface area (TPSA) is 75.4 Å². The van der Waals surface area contributed by atoms with Gasteiger partial charge in [0.2, 0.25) is 10.0 Å². The van der Waals surface area contributed by atoms with E-state index in [1.165, 1.54) is 18.2 Å². The first-order valence-electron chi connectivity index (χ1n) is 7.22. The molecular weight excluding hydrogens is 310 g/mol. The molecule has 2 rings (SSSR count). The van der Waals surface area contributed by atoms with Crippen LogP contribution in [0, 0.1) is 0 Å². The molecule has 21 heavy (non-hydrogen) atoms. The number of hydrogen-bond donors (Lipinski definition) is 2. The number of nitrogens with one attached hydrogen (secondary N) is 1. The van der Waals surface area contributed by atoms with Crippen molar-refractivity contribution in [2.45, 2.75) is 37.1 Å². The van der Waals surface area contributed by atoms with E-state index in [1.807, 2.05) is 0 Å². The summed E-state index contributed by atoms with van der Waals surface area (Å²) in [7, 11) is -3.54. The van der Waals surface area contributed by atoms with Crippen LogP contribution in [-0.4, -0.2) is 39.0 Å². The molecule has 0 radical (unpaired) electrons. The summed E-state index contributed by atoms with van der Waals surface area (Å²) in [5, 5.41) is 0.260. The number of benzene rings is 1. The van der Waals surface area contributed by atoms with Crippen molar-refractivity contribution >= 4 is 27.3 Å². The van der Waals surface area contributed by atoms with E-state index < -0.39 is 10.0 Å². The smallest absolute Gasteiger partial charge is 0.240 e. The van der Waals surface area contributed by atoms with Crippen LogP contribution in [0.1, 0.15) is 26.2 Å². The molecule has 5 nitrogen and oxygen atoms in total. The maximum Gasteiger partial charge on any atom is 0.240 e. The van der Waals surface area contributed by atoms with Crippen LogP contribution in [0.2, 0.25) is 5.02 Å². The Morgan fingerprint density at radius 2 is 2.05 bits per heavy atom. The van der Waals surface area contributed by atoms with Crippen molar-refractivity contribution in [2.75, 3.05) is 25.4 Å². The molecule has 7 heteroatoms. The Labute approximate surface area is 131 Å². The summed E-state index contributed by atoms with van der Waals surface area (Å²) in [6.45, 7) is 5.10. The first-order chi connectivity index (χ1) is 9.92. The van der Waals surface area contributed by atoms with Gasteiger partial charge in [-0.3, -0.25) is 0 Å². The van der Waals surface area contributed by atoms with Gasteiger partial charge in [-0.2, -0.15) is 0 Å². The van der Waals surface area contributed by atoms with Crippen LogP contribution in [0.25, 0.3) is 0 Å². The Morgan fingerprint density at radius 3 is 2.62 bits per heavy atom. The average molecular weight is 332 g/mol. The van der Waals surface area contributed by atoms with Gasteiger partial charge in [0.25, 0.3) is 0 Å². The standard InChI is InChI=1S/C14H22ClN3O2S/c1-2-7-18-8-5-11(6-9-18)17-21(19,20)12-3-4-14(16)13(15)10-12/h3-4,10-11,17H,2,5-9,16H2,1H3. The molecule has 0 unspecified atom stereocenters. The van der Waals surface area contributed by atoms with E-state index in [-0.39, 0.29) is 16.0 Å². The Kier molecular flexibility index (Phi) is 5.48. The van der Waals surface area contributed by atoms with E-state index in [0.29, 0.717) is 5.69 Å². The van der Waals surface area contributed by atoms with Gasteiger partial charge >= 0.3 is 0 Å². The van der Waals surface area contributed by atoms with Crippen molar-refractivity contribution in [1.82, 2.24) is 9.62 Å². The van der Waals surface area contributed by atoms with Gasteiger partial charge in [0.1, 0.15) is 0 Å². The monoisotopic (exact) mass is 331 g/mol. The summed E-state index contributed by atoms with van der Waals surface area (Å²) in [6.07, 6.45) is 2.80. The largest absolute Gasteiger partial charge is 0.398 e. The van der Waals surface area contributed by atoms with Gasteiger partial charge in [-0.1, -0.05) is 18.5 Å². The molecule has 0 amide bonds. The SMILES string of the molecule is CCCN1CCC(NS(=O)(=O)c2ccc(N)c(Cl)c2)CC1. The first kappa shape index (κ1) is 16.5. The predicted octanol–water partition coefficient (Wildman–Crippen LogP) is 2.07. The summed E-state index contributed by atoms with van der Waals surface area (Å²) >= 11 is 5.89. The van der Waals surface area contributed by atoms with Crippen molar-refractivity contribution in [3.63, 3.8) is 0 Å². The molecule has 0 aliphatic carbocycles. The highest BCUT2D eigenvalue weighted by molar-refractivity contribution is 7.89. The summed E-state index contributed by atoms with van der Waals surface area (Å²) in [5.41, 5.74) is 5.99. The molecule has 1 heterocycles. The van der Waals surface area contributed by atoms with Crippen LogP contribution < -0.4 is 10.5 Å². The Balaban J connectivity index is 2.00. The number of rotatable bonds is 5. The van der Waals surface area contributed by atoms with Crippen molar-refractivity contribution < 1.29 is 8.42 Å². The molecule has 0 aromatic heterocycles. The van der Waals surface area contributed by atoms with E-state index in [1.54, 1.807) is 0 Å². The lowest BCUT2D eigenvalue weighted by atomic mass is 10.1. The highest BCUT2D eigenvalue weighted by atomic mass is 35.5. The van der Waals surface area contributed by atoms with Crippen LogP contribution in [0.5, 0.6) is 0 Å². The second kappa shape index (κ2) is 6.96. The van der Waals surface area contributed by atoms with Gasteiger partial charge < -0.3 is 10.6 Å². The number of hydrogen-bond acceptors (Lipinski definition) is 4. The van der Waals surface area contributed by atoms with Crippen LogP contribution in [0.4, 0.5) is 5.69 Å². The molecule has 1 aromatic carbocycles. The van der Waals surface area contributed by atoms with Gasteiger partial charge in [0, 0.05) is 6.04 Å². The second-order valence-corrected chi connectivity index (χ2v) is 7.54. The summed E-state index contributed by atoms with van der Waals surface area (Å²) in [6, 6.07) is 4.38. The molecule has 1 aliphatic heterocycles. The molecule has 0 bridgehead atoms. The number of likely N-dealkylation sites (tertiary alicyclic amines) is 1. The summed E-state index contributed by atoms with van der Waals surface area (Å²) in [5.74, 6) is 0. The van der Waals surface area contributed by atoms with E-state index in [9.17, 15) is 8.42 Å². The van der Waals surface area contributed by atoms with Gasteiger partial charge in [0.05, 0.1) is 15.6 Å². The van der Waals surface area contributed by atoms with Crippen molar-refractivity contribution in [2.24, 2.45) is 0 Å². The molecule has 1 aromatic rings. The number of nitrogen functional groups attached to an aromatic ring is 1. The zero-order valence-electron chi connectivity index (χ0n) is 12.2. The Morgan fingerprint density at radius 1 is 1.38 bits per heavy atom. The minimum absolute atomic E-state index is 0.0144. The van der Waals surface area contributed by atoms with Gasteiger partial charge in [-0.15, -0.1) is 0 Å². The minimum Gasteiger partial charge on any atom is -0.398 e. The molecule has 1 saturated heterocycles. The fourth-order valence-electron chi connectivity index (χ4n) is 2.55. The number of halogens is 1. The van der Waals surface area contributed by atoms with Crippen LogP contribution in [0.15, 0.2) is 23.1 Å². The number of nitrogens with two attached hydrogens (primary N) is 1. The Hall–Kier alpha value is -0.820. The minimum atomic E-state index is -3.54. The highest BCUT2D eigenvalue weighted by Gasteiger charge is 2.24. The number of sulfonamides is 1. The predicted molar refractivity (Wildman–Crippen MR) is 85.9 cm³/mol. The third-order valence-corrected chi connectivity index (χ3v) is 5.58. The maximum atomic E-state index is 12.3. The maximum absolute atomic E-state index is 12.3. The van der Waals surface area contributed by atoms with Crippen molar-refractivity contribution in [3.05, 3.63) is 23.2 Å². The third-order valence-electron chi connectivity index (χ3n) is 3.73. The van der Waals surface area contributed by atoms with Crippen molar-refractivity contribution in [1.29, 1.82) is 0 Å². The lowest BCUT2D eigenvalue weighted by Crippen LogP contribution is -2.44. The third kappa shape index (κ3) is 4.32. The molecule has 1 aliphatic rings. The molecular formula is C14H22ClN3O2S. The first-order valence-corrected chi connectivity index (χ1v) is 9.08. The van der Waals surface area contributed by atoms with E-state index >= 15 is 0 Å². The summed E-state index contributed by atoms with van der Waals surface area (Å²) in [4.78, 5) is 2.53. The van der Waals surface area contributed by atoms with Gasteiger partial charge in [0.15, 0.2) is 0 Å². The number of piperidine rings is 1. The van der Waals surface area contributed by atoms with Crippen molar-refractivity contribution in [3.8, 4) is 0 Å². The Bertz CT molecular complexity index is 584.